The number of rotatable bonds is 3. The van der Waals surface area contributed by atoms with Crippen LogP contribution in [0.3, 0.4) is 0 Å². The van der Waals surface area contributed by atoms with Gasteiger partial charge in [0.05, 0.1) is 0 Å². The average molecular weight is 209 g/mol. The minimum atomic E-state index is 0.197. The Bertz CT molecular complexity index is 298. The van der Waals surface area contributed by atoms with Crippen LogP contribution in [-0.2, 0) is 6.42 Å². The number of nitrogens with one attached hydrogen (secondary N) is 1. The van der Waals surface area contributed by atoms with Crippen molar-refractivity contribution in [2.24, 2.45) is 23.0 Å². The zero-order valence-corrected chi connectivity index (χ0v) is 9.40. The summed E-state index contributed by atoms with van der Waals surface area (Å²) < 4.78 is 0. The Balaban J connectivity index is 2.10. The molecule has 0 bridgehead atoms. The lowest BCUT2D eigenvalue weighted by atomic mass is 9.81. The lowest BCUT2D eigenvalue weighted by Gasteiger charge is -2.25. The molecule has 0 amide bonds. The van der Waals surface area contributed by atoms with Gasteiger partial charge in [0.25, 0.3) is 0 Å². The molecule has 2 rings (SSSR count). The molecular weight excluding hydrogens is 190 g/mol. The summed E-state index contributed by atoms with van der Waals surface area (Å²) in [5.74, 6) is 2.29. The van der Waals surface area contributed by atoms with Gasteiger partial charge in [0.1, 0.15) is 0 Å². The van der Waals surface area contributed by atoms with Gasteiger partial charge >= 0.3 is 0 Å². The summed E-state index contributed by atoms with van der Waals surface area (Å²) in [5.41, 5.74) is 6.12. The molecule has 0 unspecified atom stereocenters. The van der Waals surface area contributed by atoms with Crippen LogP contribution in [0.25, 0.3) is 0 Å². The highest BCUT2D eigenvalue weighted by Crippen LogP contribution is 2.46. The van der Waals surface area contributed by atoms with Gasteiger partial charge in [-0.25, -0.2) is 0 Å². The van der Waals surface area contributed by atoms with Crippen LogP contribution in [0.1, 0.15) is 32.5 Å². The first-order valence-electron chi connectivity index (χ1n) is 5.57. The zero-order valence-electron chi connectivity index (χ0n) is 9.40. The van der Waals surface area contributed by atoms with Crippen molar-refractivity contribution in [3.8, 4) is 0 Å². The van der Waals surface area contributed by atoms with Gasteiger partial charge in [-0.15, -0.1) is 10.2 Å². The first-order chi connectivity index (χ1) is 7.15. The third-order valence-electron chi connectivity index (χ3n) is 3.84. The van der Waals surface area contributed by atoms with Crippen LogP contribution >= 0.6 is 0 Å². The number of aromatic amines is 1. The Morgan fingerprint density at radius 3 is 2.53 bits per heavy atom. The summed E-state index contributed by atoms with van der Waals surface area (Å²) in [4.78, 5) is 0. The molecule has 0 aliphatic heterocycles. The maximum atomic E-state index is 5.92. The molecule has 3 N–H and O–H groups in total. The quantitative estimate of drug-likeness (QED) is 0.770. The molecule has 1 aliphatic carbocycles. The van der Waals surface area contributed by atoms with E-state index in [2.05, 4.69) is 34.5 Å². The first kappa shape index (κ1) is 10.5. The van der Waals surface area contributed by atoms with Gasteiger partial charge in [-0.05, 0) is 36.6 Å². The van der Waals surface area contributed by atoms with Gasteiger partial charge in [0.15, 0.2) is 5.82 Å². The van der Waals surface area contributed by atoms with Crippen molar-refractivity contribution in [2.45, 2.75) is 33.1 Å². The van der Waals surface area contributed by atoms with Crippen molar-refractivity contribution >= 4 is 0 Å². The second-order valence-electron chi connectivity index (χ2n) is 5.07. The lowest BCUT2D eigenvalue weighted by molar-refractivity contribution is 0.285. The van der Waals surface area contributed by atoms with Gasteiger partial charge in [0, 0.05) is 6.42 Å². The lowest BCUT2D eigenvalue weighted by Crippen LogP contribution is -2.31. The molecule has 15 heavy (non-hydrogen) atoms. The third kappa shape index (κ3) is 2.02. The Kier molecular flexibility index (Phi) is 2.73. The summed E-state index contributed by atoms with van der Waals surface area (Å²) in [6.07, 6.45) is 3.22. The Morgan fingerprint density at radius 1 is 1.40 bits per heavy atom. The van der Waals surface area contributed by atoms with Crippen molar-refractivity contribution in [3.05, 3.63) is 5.82 Å². The first-order valence-corrected chi connectivity index (χ1v) is 5.57. The average Bonchev–Trinajstić information content (AvgIpc) is 2.78. The molecule has 1 aliphatic rings. The number of nitrogens with two attached hydrogens (primary N) is 1. The van der Waals surface area contributed by atoms with Crippen LogP contribution in [-0.4, -0.2) is 27.2 Å². The Morgan fingerprint density at radius 2 is 2.07 bits per heavy atom. The number of tetrazole rings is 1. The molecule has 0 spiro atoms. The highest BCUT2D eigenvalue weighted by Gasteiger charge is 2.41. The molecule has 5 heteroatoms. The van der Waals surface area contributed by atoms with E-state index in [9.17, 15) is 0 Å². The molecule has 0 saturated heterocycles. The molecule has 0 aromatic carbocycles. The van der Waals surface area contributed by atoms with E-state index >= 15 is 0 Å². The predicted molar refractivity (Wildman–Crippen MR) is 56.9 cm³/mol. The molecule has 0 radical (unpaired) electrons. The van der Waals surface area contributed by atoms with Gasteiger partial charge < -0.3 is 5.73 Å². The number of H-pyrrole nitrogens is 1. The van der Waals surface area contributed by atoms with E-state index in [1.165, 1.54) is 12.8 Å². The van der Waals surface area contributed by atoms with Gasteiger partial charge in [-0.2, -0.15) is 5.21 Å². The van der Waals surface area contributed by atoms with E-state index in [4.69, 9.17) is 5.73 Å². The highest BCUT2D eigenvalue weighted by molar-refractivity contribution is 4.98. The highest BCUT2D eigenvalue weighted by atomic mass is 15.5. The third-order valence-corrected chi connectivity index (χ3v) is 3.84. The van der Waals surface area contributed by atoms with Gasteiger partial charge in [-0.3, -0.25) is 0 Å². The van der Waals surface area contributed by atoms with Gasteiger partial charge in [-0.1, -0.05) is 19.1 Å². The number of aromatic nitrogens is 4. The van der Waals surface area contributed by atoms with E-state index < -0.39 is 0 Å². The van der Waals surface area contributed by atoms with Crippen LogP contribution in [0.5, 0.6) is 0 Å². The zero-order chi connectivity index (χ0) is 10.9. The standard InChI is InChI=1S/C10H19N5/c1-7-3-10(6-11,4-8(7)2)5-9-12-14-15-13-9/h7-8H,3-6,11H2,1-2H3,(H,12,13,14,15)/t7-,8-/m0/s1. The largest absolute Gasteiger partial charge is 0.330 e. The minimum Gasteiger partial charge on any atom is -0.330 e. The summed E-state index contributed by atoms with van der Waals surface area (Å²) in [5, 5.41) is 14.1. The molecule has 1 aromatic heterocycles. The number of hydrogen-bond acceptors (Lipinski definition) is 4. The smallest absolute Gasteiger partial charge is 0.175 e. The van der Waals surface area contributed by atoms with Crippen molar-refractivity contribution in [2.75, 3.05) is 6.54 Å². The second kappa shape index (κ2) is 3.89. The van der Waals surface area contributed by atoms with Crippen molar-refractivity contribution in [3.63, 3.8) is 0 Å². The number of nitrogens with zero attached hydrogens (tertiary/aromatic N) is 3. The fraction of sp³-hybridized carbons (Fsp3) is 0.900. The van der Waals surface area contributed by atoms with Crippen molar-refractivity contribution in [1.29, 1.82) is 0 Å². The molecule has 84 valence electrons. The molecule has 2 atom stereocenters. The van der Waals surface area contributed by atoms with Gasteiger partial charge in [0.2, 0.25) is 0 Å². The molecule has 1 fully saturated rings. The fourth-order valence-corrected chi connectivity index (χ4v) is 2.83. The molecule has 1 saturated carbocycles. The molecular formula is C10H19N5. The second-order valence-corrected chi connectivity index (χ2v) is 5.07. The molecule has 5 nitrogen and oxygen atoms in total. The summed E-state index contributed by atoms with van der Waals surface area (Å²) in [6.45, 7) is 5.33. The van der Waals surface area contributed by atoms with E-state index in [1.54, 1.807) is 0 Å². The fourth-order valence-electron chi connectivity index (χ4n) is 2.83. The van der Waals surface area contributed by atoms with E-state index in [-0.39, 0.29) is 5.41 Å². The Labute approximate surface area is 89.8 Å². The Hall–Kier alpha value is -0.970. The van der Waals surface area contributed by atoms with Crippen LogP contribution in [0.2, 0.25) is 0 Å². The van der Waals surface area contributed by atoms with Crippen LogP contribution in [0, 0.1) is 17.3 Å². The van der Waals surface area contributed by atoms with E-state index in [0.29, 0.717) is 0 Å². The van der Waals surface area contributed by atoms with E-state index in [1.807, 2.05) is 0 Å². The van der Waals surface area contributed by atoms with Crippen LogP contribution in [0.15, 0.2) is 0 Å². The van der Waals surface area contributed by atoms with Crippen LogP contribution in [0.4, 0.5) is 0 Å². The summed E-state index contributed by atoms with van der Waals surface area (Å²) in [6, 6.07) is 0. The van der Waals surface area contributed by atoms with Crippen molar-refractivity contribution in [1.82, 2.24) is 20.6 Å². The molecule has 1 heterocycles. The number of hydrogen-bond donors (Lipinski definition) is 2. The monoisotopic (exact) mass is 209 g/mol. The SMILES string of the molecule is C[C@H]1CC(CN)(Cc2nn[nH]n2)C[C@@H]1C. The minimum absolute atomic E-state index is 0.197. The predicted octanol–water partition coefficient (Wildman–Crippen LogP) is 0.753. The maximum absolute atomic E-state index is 5.92. The topological polar surface area (TPSA) is 80.5 Å². The van der Waals surface area contributed by atoms with Crippen molar-refractivity contribution < 1.29 is 0 Å². The summed E-state index contributed by atoms with van der Waals surface area (Å²) >= 11 is 0. The maximum Gasteiger partial charge on any atom is 0.175 e. The normalized spacial score (nSPS) is 29.5. The van der Waals surface area contributed by atoms with E-state index in [0.717, 1.165) is 30.6 Å². The molecule has 1 aromatic rings. The van der Waals surface area contributed by atoms with Crippen LogP contribution < -0.4 is 5.73 Å². The summed E-state index contributed by atoms with van der Waals surface area (Å²) in [7, 11) is 0.